The minimum absolute atomic E-state index is 0.0587. The normalized spacial score (nSPS) is 13.6. The van der Waals surface area contributed by atoms with Crippen LogP contribution < -0.4 is 15.0 Å². The molecule has 2 aromatic heterocycles. The maximum atomic E-state index is 13.5. The largest absolute Gasteiger partial charge is 0.438 e. The highest BCUT2D eigenvalue weighted by molar-refractivity contribution is 6.06. The number of amides is 1. The van der Waals surface area contributed by atoms with E-state index >= 15 is 0 Å². The van der Waals surface area contributed by atoms with Crippen LogP contribution in [-0.4, -0.2) is 52.1 Å². The molecule has 1 amide bonds. The molecule has 0 spiro atoms. The van der Waals surface area contributed by atoms with Crippen molar-refractivity contribution in [3.8, 4) is 23.0 Å². The Morgan fingerprint density at radius 2 is 1.88 bits per heavy atom. The summed E-state index contributed by atoms with van der Waals surface area (Å²) in [7, 11) is 0. The van der Waals surface area contributed by atoms with Gasteiger partial charge in [0.1, 0.15) is 17.9 Å². The van der Waals surface area contributed by atoms with Gasteiger partial charge >= 0.3 is 6.18 Å². The van der Waals surface area contributed by atoms with Gasteiger partial charge in [-0.25, -0.2) is 19.9 Å². The minimum atomic E-state index is -4.56. The Labute approximate surface area is 234 Å². The Morgan fingerprint density at radius 3 is 2.63 bits per heavy atom. The summed E-state index contributed by atoms with van der Waals surface area (Å²) in [6.07, 6.45) is -0.952. The first-order chi connectivity index (χ1) is 19.7. The number of hydrogen-bond acceptors (Lipinski definition) is 8. The van der Waals surface area contributed by atoms with Crippen LogP contribution in [0.2, 0.25) is 0 Å². The third-order valence-corrected chi connectivity index (χ3v) is 6.53. The molecule has 0 radical (unpaired) electrons. The molecule has 0 bridgehead atoms. The van der Waals surface area contributed by atoms with Gasteiger partial charge in [0.05, 0.1) is 35.7 Å². The summed E-state index contributed by atoms with van der Waals surface area (Å²) < 4.78 is 52.1. The van der Waals surface area contributed by atoms with Gasteiger partial charge in [-0.1, -0.05) is 13.0 Å². The number of halogens is 3. The van der Waals surface area contributed by atoms with Gasteiger partial charge in [0.15, 0.2) is 5.82 Å². The lowest BCUT2D eigenvalue weighted by Crippen LogP contribution is -2.36. The Kier molecular flexibility index (Phi) is 8.11. The number of nitrogens with one attached hydrogen (secondary N) is 1. The van der Waals surface area contributed by atoms with Crippen molar-refractivity contribution in [2.45, 2.75) is 26.4 Å². The average molecular weight is 565 g/mol. The molecule has 4 aromatic rings. The maximum absolute atomic E-state index is 13.5. The molecule has 0 unspecified atom stereocenters. The van der Waals surface area contributed by atoms with Crippen LogP contribution in [0.5, 0.6) is 11.6 Å². The van der Waals surface area contributed by atoms with Gasteiger partial charge in [-0.15, -0.1) is 0 Å². The SMILES string of the molecule is CCc1ncnc(-c2cccnc2Oc2cc(C(=O)Nc3cc(C(F)(F)F)ccc3N3CCOCC3)ccc2C)n1. The average Bonchev–Trinajstić information content (AvgIpc) is 2.98. The minimum Gasteiger partial charge on any atom is -0.438 e. The van der Waals surface area contributed by atoms with Gasteiger partial charge in [-0.3, -0.25) is 4.79 Å². The quantitative estimate of drug-likeness (QED) is 0.305. The van der Waals surface area contributed by atoms with E-state index in [2.05, 4.69) is 25.3 Å². The number of morpholine rings is 1. The molecule has 41 heavy (non-hydrogen) atoms. The van der Waals surface area contributed by atoms with Gasteiger partial charge in [-0.05, 0) is 55.0 Å². The molecule has 1 aliphatic heterocycles. The standard InChI is InChI=1S/C29H27F3N6O3/c1-3-25-34-17-35-26(37-25)21-5-4-10-33-28(21)41-24-15-19(7-6-18(24)2)27(39)36-22-16-20(29(30,31)32)8-9-23(22)38-11-13-40-14-12-38/h4-10,15-17H,3,11-14H2,1-2H3,(H,36,39). The molecule has 1 fully saturated rings. The van der Waals surface area contributed by atoms with Gasteiger partial charge in [0.25, 0.3) is 5.91 Å². The topological polar surface area (TPSA) is 102 Å². The molecule has 0 aliphatic carbocycles. The Bertz CT molecular complexity index is 1560. The third kappa shape index (κ3) is 6.43. The number of aromatic nitrogens is 4. The zero-order valence-electron chi connectivity index (χ0n) is 22.4. The number of ether oxygens (including phenoxy) is 2. The van der Waals surface area contributed by atoms with E-state index in [1.54, 1.807) is 37.4 Å². The fraction of sp³-hybridized carbons (Fsp3) is 0.276. The summed E-state index contributed by atoms with van der Waals surface area (Å²) in [6, 6.07) is 11.6. The summed E-state index contributed by atoms with van der Waals surface area (Å²) >= 11 is 0. The van der Waals surface area contributed by atoms with Gasteiger partial charge in [-0.2, -0.15) is 13.2 Å². The highest BCUT2D eigenvalue weighted by atomic mass is 19.4. The molecule has 1 aliphatic rings. The third-order valence-electron chi connectivity index (χ3n) is 6.53. The molecule has 1 N–H and O–H groups in total. The molecule has 5 rings (SSSR count). The Balaban J connectivity index is 1.44. The monoisotopic (exact) mass is 564 g/mol. The second-order valence-electron chi connectivity index (χ2n) is 9.30. The van der Waals surface area contributed by atoms with Crippen LogP contribution in [-0.2, 0) is 17.3 Å². The highest BCUT2D eigenvalue weighted by Crippen LogP contribution is 2.36. The smallest absolute Gasteiger partial charge is 0.416 e. The number of pyridine rings is 1. The first-order valence-corrected chi connectivity index (χ1v) is 13.0. The molecule has 212 valence electrons. The summed E-state index contributed by atoms with van der Waals surface area (Å²) in [5, 5.41) is 2.68. The number of carbonyl (C=O) groups is 1. The van der Waals surface area contributed by atoms with Crippen molar-refractivity contribution in [3.05, 3.63) is 83.6 Å². The van der Waals surface area contributed by atoms with Gasteiger partial charge in [0, 0.05) is 31.3 Å². The number of nitrogens with zero attached hydrogens (tertiary/aromatic N) is 5. The van der Waals surface area contributed by atoms with Crippen LogP contribution in [0.4, 0.5) is 24.5 Å². The predicted octanol–water partition coefficient (Wildman–Crippen LogP) is 5.70. The Hall–Kier alpha value is -4.58. The van der Waals surface area contributed by atoms with Crippen molar-refractivity contribution in [1.82, 2.24) is 19.9 Å². The number of rotatable bonds is 7. The van der Waals surface area contributed by atoms with E-state index in [0.29, 0.717) is 61.4 Å². The first-order valence-electron chi connectivity index (χ1n) is 13.0. The van der Waals surface area contributed by atoms with Crippen LogP contribution in [0.25, 0.3) is 11.4 Å². The number of alkyl halides is 3. The van der Waals surface area contributed by atoms with E-state index in [1.165, 1.54) is 18.5 Å². The molecular weight excluding hydrogens is 537 g/mol. The van der Waals surface area contributed by atoms with Crippen molar-refractivity contribution >= 4 is 17.3 Å². The van der Waals surface area contributed by atoms with E-state index in [9.17, 15) is 18.0 Å². The molecular formula is C29H27F3N6O3. The lowest BCUT2D eigenvalue weighted by Gasteiger charge is -2.31. The zero-order valence-corrected chi connectivity index (χ0v) is 22.4. The molecule has 12 heteroatoms. The lowest BCUT2D eigenvalue weighted by atomic mass is 10.1. The second-order valence-corrected chi connectivity index (χ2v) is 9.30. The molecule has 9 nitrogen and oxygen atoms in total. The van der Waals surface area contributed by atoms with Crippen LogP contribution in [0.3, 0.4) is 0 Å². The van der Waals surface area contributed by atoms with Crippen molar-refractivity contribution in [1.29, 1.82) is 0 Å². The fourth-order valence-corrected chi connectivity index (χ4v) is 4.32. The summed E-state index contributed by atoms with van der Waals surface area (Å²) in [5.41, 5.74) is 1.14. The highest BCUT2D eigenvalue weighted by Gasteiger charge is 2.32. The van der Waals surface area contributed by atoms with Crippen molar-refractivity contribution in [3.63, 3.8) is 0 Å². The molecule has 3 heterocycles. The summed E-state index contributed by atoms with van der Waals surface area (Å²) in [4.78, 5) is 32.4. The fourth-order valence-electron chi connectivity index (χ4n) is 4.32. The van der Waals surface area contributed by atoms with Crippen LogP contribution >= 0.6 is 0 Å². The van der Waals surface area contributed by atoms with Crippen LogP contribution in [0.1, 0.15) is 34.2 Å². The number of benzene rings is 2. The predicted molar refractivity (Wildman–Crippen MR) is 146 cm³/mol. The van der Waals surface area contributed by atoms with Crippen molar-refractivity contribution < 1.29 is 27.4 Å². The van der Waals surface area contributed by atoms with Crippen LogP contribution in [0.15, 0.2) is 61.1 Å². The lowest BCUT2D eigenvalue weighted by molar-refractivity contribution is -0.137. The second kappa shape index (κ2) is 11.9. The van der Waals surface area contributed by atoms with E-state index in [-0.39, 0.29) is 17.1 Å². The van der Waals surface area contributed by atoms with E-state index < -0.39 is 17.6 Å². The van der Waals surface area contributed by atoms with E-state index in [0.717, 1.165) is 17.7 Å². The molecule has 1 saturated heterocycles. The zero-order chi connectivity index (χ0) is 29.0. The summed E-state index contributed by atoms with van der Waals surface area (Å²) in [5.74, 6) is 1.00. The van der Waals surface area contributed by atoms with Crippen LogP contribution in [0, 0.1) is 6.92 Å². The first kappa shape index (κ1) is 28.0. The number of hydrogen-bond donors (Lipinski definition) is 1. The van der Waals surface area contributed by atoms with E-state index in [1.807, 2.05) is 11.8 Å². The summed E-state index contributed by atoms with van der Waals surface area (Å²) in [6.45, 7) is 5.60. The van der Waals surface area contributed by atoms with Crippen molar-refractivity contribution in [2.75, 3.05) is 36.5 Å². The maximum Gasteiger partial charge on any atom is 0.416 e. The Morgan fingerprint density at radius 1 is 1.07 bits per heavy atom. The van der Waals surface area contributed by atoms with Crippen molar-refractivity contribution in [2.24, 2.45) is 0 Å². The molecule has 2 aromatic carbocycles. The number of carbonyl (C=O) groups excluding carboxylic acids is 1. The number of anilines is 2. The van der Waals surface area contributed by atoms with E-state index in [4.69, 9.17) is 9.47 Å². The van der Waals surface area contributed by atoms with Gasteiger partial charge in [0.2, 0.25) is 5.88 Å². The molecule has 0 saturated carbocycles. The molecule has 0 atom stereocenters. The number of aryl methyl sites for hydroxylation is 2. The van der Waals surface area contributed by atoms with Gasteiger partial charge < -0.3 is 19.7 Å².